The zero-order chi connectivity index (χ0) is 23.9. The van der Waals surface area contributed by atoms with E-state index in [0.29, 0.717) is 17.2 Å². The van der Waals surface area contributed by atoms with Gasteiger partial charge in [-0.2, -0.15) is 0 Å². The normalized spacial score (nSPS) is 12.7. The first-order valence-corrected chi connectivity index (χ1v) is 11.9. The van der Waals surface area contributed by atoms with E-state index in [-0.39, 0.29) is 17.3 Å². The molecule has 9 heteroatoms. The van der Waals surface area contributed by atoms with Gasteiger partial charge in [-0.05, 0) is 48.5 Å². The second kappa shape index (κ2) is 10.6. The van der Waals surface area contributed by atoms with Gasteiger partial charge in [0.05, 0.1) is 22.9 Å². The van der Waals surface area contributed by atoms with Crippen LogP contribution in [0, 0.1) is 5.41 Å². The summed E-state index contributed by atoms with van der Waals surface area (Å²) in [7, 11) is -3.79. The molecule has 1 amide bonds. The number of aromatic nitrogens is 1. The number of ether oxygens (including phenoxy) is 2. The van der Waals surface area contributed by atoms with Gasteiger partial charge in [0.2, 0.25) is 0 Å². The molecular weight excluding hydrogens is 444 g/mol. The van der Waals surface area contributed by atoms with Crippen LogP contribution in [0.2, 0.25) is 0 Å². The number of sulfone groups is 1. The van der Waals surface area contributed by atoms with Crippen molar-refractivity contribution in [2.75, 3.05) is 5.75 Å². The van der Waals surface area contributed by atoms with Gasteiger partial charge >= 0.3 is 0 Å². The number of benzene rings is 2. The van der Waals surface area contributed by atoms with E-state index >= 15 is 0 Å². The number of nitrogens with zero attached hydrogens (tertiary/aromatic N) is 1. The number of hydrogen-bond acceptors (Lipinski definition) is 7. The number of nitrogens with one attached hydrogen (secondary N) is 1. The molecule has 0 aliphatic heterocycles. The zero-order valence-electron chi connectivity index (χ0n) is 18.3. The Labute approximate surface area is 193 Å². The van der Waals surface area contributed by atoms with Gasteiger partial charge in [-0.15, -0.1) is 0 Å². The number of rotatable bonds is 10. The van der Waals surface area contributed by atoms with E-state index in [1.165, 1.54) is 12.1 Å². The fraction of sp³-hybridized carbons (Fsp3) is 0.250. The summed E-state index contributed by atoms with van der Waals surface area (Å²) in [5.41, 5.74) is 0.971. The molecule has 0 saturated carbocycles. The monoisotopic (exact) mass is 470 g/mol. The topological polar surface area (TPSA) is 115 Å². The molecular formula is C24H26N2O6S. The first kappa shape index (κ1) is 24.4. The molecule has 0 radical (unpaired) electrons. The third-order valence-electron chi connectivity index (χ3n) is 4.91. The summed E-state index contributed by atoms with van der Waals surface area (Å²) in [5.74, 6) is -0.0929. The lowest BCUT2D eigenvalue weighted by Gasteiger charge is -2.32. The van der Waals surface area contributed by atoms with Crippen molar-refractivity contribution >= 4 is 15.7 Å². The zero-order valence-corrected chi connectivity index (χ0v) is 19.2. The predicted octanol–water partition coefficient (Wildman–Crippen LogP) is 3.76. The van der Waals surface area contributed by atoms with E-state index in [2.05, 4.69) is 4.98 Å². The molecule has 0 saturated heterocycles. The van der Waals surface area contributed by atoms with E-state index in [9.17, 15) is 18.4 Å². The van der Waals surface area contributed by atoms with Crippen molar-refractivity contribution in [2.24, 2.45) is 5.41 Å². The lowest BCUT2D eigenvalue weighted by molar-refractivity contribution is -0.150. The van der Waals surface area contributed by atoms with Gasteiger partial charge < -0.3 is 9.47 Å². The third-order valence-corrected chi connectivity index (χ3v) is 7.02. The third kappa shape index (κ3) is 6.61. The van der Waals surface area contributed by atoms with E-state index < -0.39 is 27.3 Å². The summed E-state index contributed by atoms with van der Waals surface area (Å²) in [4.78, 5) is 16.5. The van der Waals surface area contributed by atoms with Crippen molar-refractivity contribution in [3.63, 3.8) is 0 Å². The highest BCUT2D eigenvalue weighted by Crippen LogP contribution is 2.30. The highest BCUT2D eigenvalue weighted by Gasteiger charge is 2.40. The molecule has 0 unspecified atom stereocenters. The lowest BCUT2D eigenvalue weighted by Crippen LogP contribution is -2.47. The Kier molecular flexibility index (Phi) is 7.80. The van der Waals surface area contributed by atoms with Crippen molar-refractivity contribution in [1.82, 2.24) is 10.5 Å². The minimum atomic E-state index is -3.79. The summed E-state index contributed by atoms with van der Waals surface area (Å²) in [6.07, 6.45) is 0.348. The minimum Gasteiger partial charge on any atom is -0.457 e. The van der Waals surface area contributed by atoms with Gasteiger partial charge in [0.25, 0.3) is 5.91 Å². The first-order chi connectivity index (χ1) is 15.7. The average molecular weight is 471 g/mol. The Hall–Kier alpha value is -3.27. The van der Waals surface area contributed by atoms with Gasteiger partial charge in [-0.25, -0.2) is 13.9 Å². The molecule has 8 nitrogen and oxygen atoms in total. The summed E-state index contributed by atoms with van der Waals surface area (Å²) in [6.45, 7) is 3.17. The number of para-hydroxylation sites is 1. The summed E-state index contributed by atoms with van der Waals surface area (Å²) < 4.78 is 37.6. The van der Waals surface area contributed by atoms with E-state index in [1.807, 2.05) is 18.2 Å². The van der Waals surface area contributed by atoms with Crippen LogP contribution in [0.15, 0.2) is 83.9 Å². The van der Waals surface area contributed by atoms with E-state index in [4.69, 9.17) is 9.47 Å². The quantitative estimate of drug-likeness (QED) is 0.342. The molecule has 1 aromatic heterocycles. The maximum atomic E-state index is 13.1. The number of carbonyl (C=O) groups excluding carboxylic acids is 1. The van der Waals surface area contributed by atoms with Gasteiger partial charge in [-0.3, -0.25) is 15.0 Å². The smallest absolute Gasteiger partial charge is 0.273 e. The van der Waals surface area contributed by atoms with Crippen LogP contribution >= 0.6 is 0 Å². The van der Waals surface area contributed by atoms with Crippen molar-refractivity contribution in [1.29, 1.82) is 0 Å². The van der Waals surface area contributed by atoms with Crippen LogP contribution in [0.25, 0.3) is 0 Å². The second-order valence-electron chi connectivity index (χ2n) is 8.12. The van der Waals surface area contributed by atoms with Crippen LogP contribution in [0.3, 0.4) is 0 Å². The SMILES string of the molecule is CC(C)(CS(=O)(=O)c1ccc(Oc2ccccc2)cc1)[C@H](OCc1ccccn1)C(=O)NO. The molecule has 0 aliphatic rings. The molecule has 1 heterocycles. The van der Waals surface area contributed by atoms with E-state index in [1.54, 1.807) is 68.0 Å². The maximum Gasteiger partial charge on any atom is 0.273 e. The molecule has 2 aromatic carbocycles. The Morgan fingerprint density at radius 1 is 1.00 bits per heavy atom. The van der Waals surface area contributed by atoms with Crippen LogP contribution in [-0.4, -0.2) is 36.4 Å². The largest absolute Gasteiger partial charge is 0.457 e. The van der Waals surface area contributed by atoms with Gasteiger partial charge in [0.15, 0.2) is 9.84 Å². The van der Waals surface area contributed by atoms with Crippen LogP contribution in [0.4, 0.5) is 0 Å². The Bertz CT molecular complexity index is 1150. The molecule has 3 aromatic rings. The minimum absolute atomic E-state index is 0.0199. The van der Waals surface area contributed by atoms with E-state index in [0.717, 1.165) is 0 Å². The maximum absolute atomic E-state index is 13.1. The highest BCUT2D eigenvalue weighted by molar-refractivity contribution is 7.91. The van der Waals surface area contributed by atoms with Crippen LogP contribution < -0.4 is 10.2 Å². The molecule has 0 bridgehead atoms. The fourth-order valence-electron chi connectivity index (χ4n) is 3.36. The Balaban J connectivity index is 1.74. The molecule has 33 heavy (non-hydrogen) atoms. The number of amides is 1. The average Bonchev–Trinajstić information content (AvgIpc) is 2.80. The molecule has 3 rings (SSSR count). The fourth-order valence-corrected chi connectivity index (χ4v) is 5.20. The van der Waals surface area contributed by atoms with Gasteiger partial charge in [0, 0.05) is 11.6 Å². The van der Waals surface area contributed by atoms with Crippen LogP contribution in [0.1, 0.15) is 19.5 Å². The summed E-state index contributed by atoms with van der Waals surface area (Å²) >= 11 is 0. The van der Waals surface area contributed by atoms with Crippen molar-refractivity contribution in [3.05, 3.63) is 84.7 Å². The number of hydroxylamine groups is 1. The van der Waals surface area contributed by atoms with Crippen molar-refractivity contribution < 1.29 is 27.9 Å². The Morgan fingerprint density at radius 2 is 1.64 bits per heavy atom. The molecule has 1 atom stereocenters. The second-order valence-corrected chi connectivity index (χ2v) is 10.1. The van der Waals surface area contributed by atoms with Gasteiger partial charge in [-0.1, -0.05) is 38.1 Å². The van der Waals surface area contributed by atoms with Gasteiger partial charge in [0.1, 0.15) is 17.6 Å². The number of carbonyl (C=O) groups is 1. The number of hydrogen-bond donors (Lipinski definition) is 2. The highest BCUT2D eigenvalue weighted by atomic mass is 32.2. The molecule has 0 fully saturated rings. The Morgan fingerprint density at radius 3 is 2.24 bits per heavy atom. The summed E-state index contributed by atoms with van der Waals surface area (Å²) in [5, 5.41) is 9.17. The first-order valence-electron chi connectivity index (χ1n) is 10.2. The predicted molar refractivity (Wildman–Crippen MR) is 122 cm³/mol. The van der Waals surface area contributed by atoms with Crippen molar-refractivity contribution in [3.8, 4) is 11.5 Å². The van der Waals surface area contributed by atoms with Crippen LogP contribution in [-0.2, 0) is 26.0 Å². The molecule has 0 spiro atoms. The van der Waals surface area contributed by atoms with Crippen molar-refractivity contribution in [2.45, 2.75) is 31.5 Å². The standard InChI is InChI=1S/C24H26N2O6S/c1-24(2,22(23(27)26-28)31-16-18-8-6-7-15-25-18)17-33(29,30)21-13-11-20(12-14-21)32-19-9-4-3-5-10-19/h3-15,22,28H,16-17H2,1-2H3,(H,26,27)/t22-/m1/s1. The molecule has 174 valence electrons. The summed E-state index contributed by atoms with van der Waals surface area (Å²) in [6, 6.07) is 20.4. The molecule has 0 aliphatic carbocycles. The lowest BCUT2D eigenvalue weighted by atomic mass is 9.88. The number of pyridine rings is 1. The van der Waals surface area contributed by atoms with Crippen LogP contribution in [0.5, 0.6) is 11.5 Å². The molecule has 2 N–H and O–H groups in total.